The SMILES string of the molecule is Cc1ccc(C)c(SCC(=O)Nc2cc(N)ccc2Cl)c1. The second-order valence-corrected chi connectivity index (χ2v) is 6.27. The van der Waals surface area contributed by atoms with Crippen LogP contribution in [0.2, 0.25) is 5.02 Å². The van der Waals surface area contributed by atoms with E-state index in [1.807, 2.05) is 13.8 Å². The Morgan fingerprint density at radius 1 is 1.24 bits per heavy atom. The number of thioether (sulfide) groups is 1. The van der Waals surface area contributed by atoms with E-state index in [1.54, 1.807) is 18.2 Å². The summed E-state index contributed by atoms with van der Waals surface area (Å²) in [4.78, 5) is 13.1. The summed E-state index contributed by atoms with van der Waals surface area (Å²) in [5.74, 6) is 0.225. The van der Waals surface area contributed by atoms with E-state index in [9.17, 15) is 4.79 Å². The van der Waals surface area contributed by atoms with Crippen molar-refractivity contribution in [3.63, 3.8) is 0 Å². The Balaban J connectivity index is 1.99. The largest absolute Gasteiger partial charge is 0.399 e. The van der Waals surface area contributed by atoms with Crippen molar-refractivity contribution in [3.8, 4) is 0 Å². The predicted molar refractivity (Wildman–Crippen MR) is 91.1 cm³/mol. The van der Waals surface area contributed by atoms with Gasteiger partial charge in [-0.3, -0.25) is 4.79 Å². The molecule has 0 saturated heterocycles. The molecular formula is C16H17ClN2OS. The third kappa shape index (κ3) is 4.41. The molecule has 0 radical (unpaired) electrons. The molecule has 0 atom stereocenters. The van der Waals surface area contributed by atoms with Gasteiger partial charge in [0.05, 0.1) is 16.5 Å². The molecule has 0 spiro atoms. The van der Waals surface area contributed by atoms with Gasteiger partial charge in [-0.05, 0) is 43.7 Å². The summed E-state index contributed by atoms with van der Waals surface area (Å²) in [7, 11) is 0. The zero-order valence-corrected chi connectivity index (χ0v) is 13.5. The summed E-state index contributed by atoms with van der Waals surface area (Å²) in [6, 6.07) is 11.2. The maximum Gasteiger partial charge on any atom is 0.234 e. The highest BCUT2D eigenvalue weighted by molar-refractivity contribution is 8.00. The van der Waals surface area contributed by atoms with Crippen LogP contribution in [0.25, 0.3) is 0 Å². The average molecular weight is 321 g/mol. The molecular weight excluding hydrogens is 304 g/mol. The monoisotopic (exact) mass is 320 g/mol. The second kappa shape index (κ2) is 6.87. The van der Waals surface area contributed by atoms with Crippen LogP contribution < -0.4 is 11.1 Å². The molecule has 0 saturated carbocycles. The van der Waals surface area contributed by atoms with E-state index < -0.39 is 0 Å². The molecule has 0 fully saturated rings. The highest BCUT2D eigenvalue weighted by Crippen LogP contribution is 2.26. The lowest BCUT2D eigenvalue weighted by molar-refractivity contribution is -0.113. The molecule has 3 nitrogen and oxygen atoms in total. The quantitative estimate of drug-likeness (QED) is 0.653. The molecule has 2 aromatic carbocycles. The van der Waals surface area contributed by atoms with E-state index in [0.29, 0.717) is 22.2 Å². The number of halogens is 1. The predicted octanol–water partition coefficient (Wildman–Crippen LogP) is 4.27. The number of carbonyl (C=O) groups is 1. The van der Waals surface area contributed by atoms with Crippen molar-refractivity contribution in [1.29, 1.82) is 0 Å². The summed E-state index contributed by atoms with van der Waals surface area (Å²) in [6.07, 6.45) is 0. The molecule has 0 aromatic heterocycles. The first-order chi connectivity index (χ1) is 9.95. The van der Waals surface area contributed by atoms with E-state index in [4.69, 9.17) is 17.3 Å². The van der Waals surface area contributed by atoms with Gasteiger partial charge < -0.3 is 11.1 Å². The van der Waals surface area contributed by atoms with E-state index >= 15 is 0 Å². The smallest absolute Gasteiger partial charge is 0.234 e. The fourth-order valence-electron chi connectivity index (χ4n) is 1.83. The van der Waals surface area contributed by atoms with Gasteiger partial charge >= 0.3 is 0 Å². The highest BCUT2D eigenvalue weighted by atomic mass is 35.5. The van der Waals surface area contributed by atoms with Crippen molar-refractivity contribution in [3.05, 3.63) is 52.5 Å². The average Bonchev–Trinajstić information content (AvgIpc) is 2.44. The molecule has 0 aliphatic rings. The number of hydrogen-bond donors (Lipinski definition) is 2. The Morgan fingerprint density at radius 3 is 2.76 bits per heavy atom. The number of hydrogen-bond acceptors (Lipinski definition) is 3. The Morgan fingerprint density at radius 2 is 2.00 bits per heavy atom. The Labute approximate surface area is 133 Å². The number of amides is 1. The highest BCUT2D eigenvalue weighted by Gasteiger charge is 2.08. The Bertz CT molecular complexity index is 673. The van der Waals surface area contributed by atoms with Crippen molar-refractivity contribution in [2.45, 2.75) is 18.7 Å². The van der Waals surface area contributed by atoms with Gasteiger partial charge in [-0.25, -0.2) is 0 Å². The summed E-state index contributed by atoms with van der Waals surface area (Å²) < 4.78 is 0. The zero-order valence-electron chi connectivity index (χ0n) is 11.9. The molecule has 110 valence electrons. The second-order valence-electron chi connectivity index (χ2n) is 4.85. The van der Waals surface area contributed by atoms with Crippen LogP contribution in [0.4, 0.5) is 11.4 Å². The van der Waals surface area contributed by atoms with Crippen LogP contribution in [0.3, 0.4) is 0 Å². The molecule has 2 rings (SSSR count). The van der Waals surface area contributed by atoms with E-state index in [1.165, 1.54) is 22.9 Å². The first-order valence-electron chi connectivity index (χ1n) is 6.50. The topological polar surface area (TPSA) is 55.1 Å². The molecule has 0 heterocycles. The van der Waals surface area contributed by atoms with Crippen LogP contribution in [0.5, 0.6) is 0 Å². The number of nitrogens with one attached hydrogen (secondary N) is 1. The summed E-state index contributed by atoms with van der Waals surface area (Å²) >= 11 is 7.54. The van der Waals surface area contributed by atoms with Crippen LogP contribution in [-0.4, -0.2) is 11.7 Å². The minimum Gasteiger partial charge on any atom is -0.399 e. The minimum absolute atomic E-state index is 0.103. The van der Waals surface area contributed by atoms with Crippen LogP contribution in [0.15, 0.2) is 41.3 Å². The summed E-state index contributed by atoms with van der Waals surface area (Å²) in [5, 5.41) is 3.26. The van der Waals surface area contributed by atoms with Crippen molar-refractivity contribution >= 4 is 40.6 Å². The lowest BCUT2D eigenvalue weighted by atomic mass is 10.2. The number of nitrogens with two attached hydrogens (primary N) is 1. The number of rotatable bonds is 4. The van der Waals surface area contributed by atoms with E-state index in [2.05, 4.69) is 23.5 Å². The van der Waals surface area contributed by atoms with Gasteiger partial charge in [-0.2, -0.15) is 0 Å². The number of aryl methyl sites for hydroxylation is 2. The third-order valence-electron chi connectivity index (χ3n) is 2.97. The fraction of sp³-hybridized carbons (Fsp3) is 0.188. The van der Waals surface area contributed by atoms with Crippen LogP contribution in [-0.2, 0) is 4.79 Å². The number of carbonyl (C=O) groups excluding carboxylic acids is 1. The van der Waals surface area contributed by atoms with Crippen molar-refractivity contribution in [2.75, 3.05) is 16.8 Å². The van der Waals surface area contributed by atoms with Crippen LogP contribution >= 0.6 is 23.4 Å². The molecule has 0 aliphatic carbocycles. The number of nitrogen functional groups attached to an aromatic ring is 1. The summed E-state index contributed by atoms with van der Waals surface area (Å²) in [5.41, 5.74) is 9.15. The third-order valence-corrected chi connectivity index (χ3v) is 4.45. The van der Waals surface area contributed by atoms with Gasteiger partial charge in [0.15, 0.2) is 0 Å². The first kappa shape index (κ1) is 15.7. The number of anilines is 2. The van der Waals surface area contributed by atoms with Gasteiger partial charge in [0.1, 0.15) is 0 Å². The summed E-state index contributed by atoms with van der Waals surface area (Å²) in [6.45, 7) is 4.07. The standard InChI is InChI=1S/C16H17ClN2OS/c1-10-3-4-11(2)15(7-10)21-9-16(20)19-14-8-12(18)5-6-13(14)17/h3-8H,9,18H2,1-2H3,(H,19,20). The molecule has 1 amide bonds. The lowest BCUT2D eigenvalue weighted by Gasteiger charge is -2.09. The van der Waals surface area contributed by atoms with Crippen molar-refractivity contribution in [2.24, 2.45) is 0 Å². The fourth-order valence-corrected chi connectivity index (χ4v) is 2.92. The molecule has 0 bridgehead atoms. The van der Waals surface area contributed by atoms with Gasteiger partial charge in [0.25, 0.3) is 0 Å². The maximum absolute atomic E-state index is 12.0. The maximum atomic E-state index is 12.0. The molecule has 3 N–H and O–H groups in total. The Kier molecular flexibility index (Phi) is 5.15. The lowest BCUT2D eigenvalue weighted by Crippen LogP contribution is -2.14. The molecule has 5 heteroatoms. The van der Waals surface area contributed by atoms with Gasteiger partial charge in [-0.1, -0.05) is 29.3 Å². The zero-order chi connectivity index (χ0) is 15.4. The van der Waals surface area contributed by atoms with Gasteiger partial charge in [0, 0.05) is 10.6 Å². The minimum atomic E-state index is -0.103. The van der Waals surface area contributed by atoms with E-state index in [0.717, 1.165) is 4.90 Å². The van der Waals surface area contributed by atoms with E-state index in [-0.39, 0.29) is 5.91 Å². The number of benzene rings is 2. The van der Waals surface area contributed by atoms with Gasteiger partial charge in [-0.15, -0.1) is 11.8 Å². The van der Waals surface area contributed by atoms with Crippen molar-refractivity contribution in [1.82, 2.24) is 0 Å². The normalized spacial score (nSPS) is 10.4. The molecule has 0 unspecified atom stereocenters. The molecule has 21 heavy (non-hydrogen) atoms. The Hall–Kier alpha value is -1.65. The van der Waals surface area contributed by atoms with Gasteiger partial charge in [0.2, 0.25) is 5.91 Å². The van der Waals surface area contributed by atoms with Crippen LogP contribution in [0.1, 0.15) is 11.1 Å². The van der Waals surface area contributed by atoms with Crippen LogP contribution in [0, 0.1) is 13.8 Å². The molecule has 2 aromatic rings. The molecule has 0 aliphatic heterocycles. The van der Waals surface area contributed by atoms with Crippen molar-refractivity contribution < 1.29 is 4.79 Å². The first-order valence-corrected chi connectivity index (χ1v) is 7.87.